The summed E-state index contributed by atoms with van der Waals surface area (Å²) in [5, 5.41) is 6.50. The van der Waals surface area contributed by atoms with Gasteiger partial charge in [0.15, 0.2) is 5.82 Å². The molecule has 4 rings (SSSR count). The van der Waals surface area contributed by atoms with Crippen LogP contribution >= 0.6 is 0 Å². The third-order valence-electron chi connectivity index (χ3n) is 5.47. The maximum Gasteiger partial charge on any atom is 0.270 e. The number of nitrogens with one attached hydrogen (secondary N) is 2. The van der Waals surface area contributed by atoms with Gasteiger partial charge >= 0.3 is 0 Å². The van der Waals surface area contributed by atoms with E-state index in [9.17, 15) is 4.79 Å². The summed E-state index contributed by atoms with van der Waals surface area (Å²) in [7, 11) is 0. The summed E-state index contributed by atoms with van der Waals surface area (Å²) >= 11 is 0. The normalized spacial score (nSPS) is 20.1. The number of nitrogens with zero attached hydrogens (tertiary/aromatic N) is 2. The molecule has 1 aliphatic carbocycles. The number of hydrogen-bond donors (Lipinski definition) is 2. The molecule has 1 aromatic carbocycles. The van der Waals surface area contributed by atoms with E-state index in [1.807, 2.05) is 30.3 Å². The van der Waals surface area contributed by atoms with E-state index in [2.05, 4.69) is 20.6 Å². The van der Waals surface area contributed by atoms with Crippen molar-refractivity contribution < 1.29 is 9.53 Å². The third-order valence-corrected chi connectivity index (χ3v) is 5.47. The van der Waals surface area contributed by atoms with Crippen molar-refractivity contribution in [2.45, 2.75) is 57.1 Å². The number of benzene rings is 1. The van der Waals surface area contributed by atoms with E-state index in [1.54, 1.807) is 6.07 Å². The van der Waals surface area contributed by atoms with Crippen LogP contribution in [-0.4, -0.2) is 41.2 Å². The summed E-state index contributed by atoms with van der Waals surface area (Å²) in [6.45, 7) is 1.51. The smallest absolute Gasteiger partial charge is 0.270 e. The number of rotatable bonds is 6. The summed E-state index contributed by atoms with van der Waals surface area (Å²) in [6, 6.07) is 11.8. The van der Waals surface area contributed by atoms with E-state index in [0.717, 1.165) is 37.9 Å². The van der Waals surface area contributed by atoms with Crippen molar-refractivity contribution in [1.82, 2.24) is 15.3 Å². The Labute approximate surface area is 166 Å². The summed E-state index contributed by atoms with van der Waals surface area (Å²) < 4.78 is 5.68. The van der Waals surface area contributed by atoms with E-state index >= 15 is 0 Å². The number of amides is 1. The second-order valence-corrected chi connectivity index (χ2v) is 7.65. The van der Waals surface area contributed by atoms with Crippen LogP contribution in [0.15, 0.2) is 36.4 Å². The minimum Gasteiger partial charge on any atom is -0.376 e. The van der Waals surface area contributed by atoms with Crippen molar-refractivity contribution in [3.05, 3.63) is 42.1 Å². The van der Waals surface area contributed by atoms with Crippen LogP contribution in [0, 0.1) is 0 Å². The first kappa shape index (κ1) is 18.9. The molecule has 2 fully saturated rings. The Morgan fingerprint density at radius 1 is 1.04 bits per heavy atom. The first-order valence-corrected chi connectivity index (χ1v) is 10.4. The standard InChI is InChI=1S/C22H28N4O2/c27-22(24-17-10-5-2-6-11-17)19-14-20(23-15-18-12-7-13-28-18)26-21(25-19)16-8-3-1-4-9-16/h1,3-4,8-9,14,17-18H,2,5-7,10-13,15H2,(H,24,27)(H,23,25,26). The first-order chi connectivity index (χ1) is 13.8. The fourth-order valence-corrected chi connectivity index (χ4v) is 3.90. The summed E-state index contributed by atoms with van der Waals surface area (Å²) in [6.07, 6.45) is 8.07. The topological polar surface area (TPSA) is 76.1 Å². The Bertz CT molecular complexity index is 784. The zero-order valence-electron chi connectivity index (χ0n) is 16.2. The molecular formula is C22H28N4O2. The van der Waals surface area contributed by atoms with Crippen molar-refractivity contribution in [3.8, 4) is 11.4 Å². The molecule has 2 aromatic rings. The van der Waals surface area contributed by atoms with Crippen molar-refractivity contribution in [3.63, 3.8) is 0 Å². The molecule has 1 saturated carbocycles. The molecule has 1 saturated heterocycles. The molecule has 0 spiro atoms. The highest BCUT2D eigenvalue weighted by atomic mass is 16.5. The minimum atomic E-state index is -0.119. The maximum atomic E-state index is 12.9. The van der Waals surface area contributed by atoms with Crippen LogP contribution in [0.1, 0.15) is 55.4 Å². The first-order valence-electron chi connectivity index (χ1n) is 10.4. The van der Waals surface area contributed by atoms with E-state index < -0.39 is 0 Å². The van der Waals surface area contributed by atoms with Crippen LogP contribution in [0.5, 0.6) is 0 Å². The Hall–Kier alpha value is -2.47. The number of hydrogen-bond acceptors (Lipinski definition) is 5. The van der Waals surface area contributed by atoms with Gasteiger partial charge in [0.05, 0.1) is 6.10 Å². The van der Waals surface area contributed by atoms with E-state index in [-0.39, 0.29) is 18.1 Å². The molecular weight excluding hydrogens is 352 g/mol. The monoisotopic (exact) mass is 380 g/mol. The van der Waals surface area contributed by atoms with Gasteiger partial charge in [-0.25, -0.2) is 9.97 Å². The largest absolute Gasteiger partial charge is 0.376 e. The van der Waals surface area contributed by atoms with Crippen LogP contribution in [0.2, 0.25) is 0 Å². The molecule has 1 atom stereocenters. The fourth-order valence-electron chi connectivity index (χ4n) is 3.90. The molecule has 6 nitrogen and oxygen atoms in total. The molecule has 148 valence electrons. The number of ether oxygens (including phenoxy) is 1. The number of carbonyl (C=O) groups is 1. The number of aromatic nitrogens is 2. The molecule has 1 unspecified atom stereocenters. The molecule has 1 aromatic heterocycles. The van der Waals surface area contributed by atoms with Gasteiger partial charge in [-0.15, -0.1) is 0 Å². The summed E-state index contributed by atoms with van der Waals surface area (Å²) in [4.78, 5) is 22.0. The highest BCUT2D eigenvalue weighted by molar-refractivity contribution is 5.93. The molecule has 1 aliphatic heterocycles. The average Bonchev–Trinajstić information content (AvgIpc) is 3.27. The van der Waals surface area contributed by atoms with Gasteiger partial charge in [0.1, 0.15) is 11.5 Å². The lowest BCUT2D eigenvalue weighted by Crippen LogP contribution is -2.36. The minimum absolute atomic E-state index is 0.119. The van der Waals surface area contributed by atoms with Crippen LogP contribution in [0.3, 0.4) is 0 Å². The molecule has 2 heterocycles. The predicted molar refractivity (Wildman–Crippen MR) is 109 cm³/mol. The van der Waals surface area contributed by atoms with Gasteiger partial charge in [-0.3, -0.25) is 4.79 Å². The lowest BCUT2D eigenvalue weighted by Gasteiger charge is -2.22. The molecule has 0 bridgehead atoms. The number of anilines is 1. The molecule has 1 amide bonds. The van der Waals surface area contributed by atoms with Gasteiger partial charge in [0.2, 0.25) is 0 Å². The van der Waals surface area contributed by atoms with E-state index in [1.165, 1.54) is 19.3 Å². The molecule has 2 N–H and O–H groups in total. The van der Waals surface area contributed by atoms with Gasteiger partial charge < -0.3 is 15.4 Å². The lowest BCUT2D eigenvalue weighted by molar-refractivity contribution is 0.0922. The highest BCUT2D eigenvalue weighted by Crippen LogP contribution is 2.21. The number of carbonyl (C=O) groups excluding carboxylic acids is 1. The molecule has 28 heavy (non-hydrogen) atoms. The zero-order chi connectivity index (χ0) is 19.2. The zero-order valence-corrected chi connectivity index (χ0v) is 16.2. The van der Waals surface area contributed by atoms with Crippen LogP contribution < -0.4 is 10.6 Å². The van der Waals surface area contributed by atoms with Crippen LogP contribution in [-0.2, 0) is 4.74 Å². The van der Waals surface area contributed by atoms with Gasteiger partial charge in [-0.05, 0) is 25.7 Å². The Kier molecular flexibility index (Phi) is 6.17. The van der Waals surface area contributed by atoms with Gasteiger partial charge in [-0.1, -0.05) is 49.6 Å². The van der Waals surface area contributed by atoms with Crippen molar-refractivity contribution in [2.75, 3.05) is 18.5 Å². The SMILES string of the molecule is O=C(NC1CCCCC1)c1cc(NCC2CCCO2)nc(-c2ccccc2)n1. The average molecular weight is 380 g/mol. The molecule has 2 aliphatic rings. The van der Waals surface area contributed by atoms with E-state index in [0.29, 0.717) is 23.9 Å². The van der Waals surface area contributed by atoms with Crippen molar-refractivity contribution >= 4 is 11.7 Å². The lowest BCUT2D eigenvalue weighted by atomic mass is 9.95. The summed E-state index contributed by atoms with van der Waals surface area (Å²) in [5.41, 5.74) is 1.31. The van der Waals surface area contributed by atoms with Crippen LogP contribution in [0.4, 0.5) is 5.82 Å². The van der Waals surface area contributed by atoms with Gasteiger partial charge in [0, 0.05) is 30.8 Å². The van der Waals surface area contributed by atoms with Crippen molar-refractivity contribution in [2.24, 2.45) is 0 Å². The quantitative estimate of drug-likeness (QED) is 0.797. The summed E-state index contributed by atoms with van der Waals surface area (Å²) in [5.74, 6) is 1.11. The van der Waals surface area contributed by atoms with Gasteiger partial charge in [0.25, 0.3) is 5.91 Å². The third kappa shape index (κ3) is 4.87. The van der Waals surface area contributed by atoms with Gasteiger partial charge in [-0.2, -0.15) is 0 Å². The fraction of sp³-hybridized carbons (Fsp3) is 0.500. The molecule has 0 radical (unpaired) electrons. The Balaban J connectivity index is 1.54. The Morgan fingerprint density at radius 3 is 2.61 bits per heavy atom. The maximum absolute atomic E-state index is 12.9. The predicted octanol–water partition coefficient (Wildman–Crippen LogP) is 3.80. The highest BCUT2D eigenvalue weighted by Gasteiger charge is 2.20. The van der Waals surface area contributed by atoms with Crippen molar-refractivity contribution in [1.29, 1.82) is 0 Å². The second kappa shape index (κ2) is 9.15. The van der Waals surface area contributed by atoms with Crippen LogP contribution in [0.25, 0.3) is 11.4 Å². The van der Waals surface area contributed by atoms with E-state index in [4.69, 9.17) is 4.74 Å². The molecule has 6 heteroatoms. The second-order valence-electron chi connectivity index (χ2n) is 7.65. The Morgan fingerprint density at radius 2 is 1.86 bits per heavy atom.